The molecule has 114 valence electrons. The summed E-state index contributed by atoms with van der Waals surface area (Å²) in [4.78, 5) is 4.32. The normalized spacial score (nSPS) is 16.4. The maximum absolute atomic E-state index is 13.9. The van der Waals surface area contributed by atoms with Gasteiger partial charge in [0.25, 0.3) is 0 Å². The Bertz CT molecular complexity index is 694. The Kier molecular flexibility index (Phi) is 3.79. The number of nitrogens with one attached hydrogen (secondary N) is 1. The fourth-order valence-electron chi connectivity index (χ4n) is 2.53. The van der Waals surface area contributed by atoms with Crippen molar-refractivity contribution in [1.82, 2.24) is 0 Å². The van der Waals surface area contributed by atoms with E-state index < -0.39 is 11.6 Å². The van der Waals surface area contributed by atoms with E-state index in [0.29, 0.717) is 18.1 Å². The minimum absolute atomic E-state index is 0.292. The van der Waals surface area contributed by atoms with E-state index in [2.05, 4.69) is 10.3 Å². The predicted octanol–water partition coefficient (Wildman–Crippen LogP) is 3.42. The minimum atomic E-state index is -0.564. The first kappa shape index (κ1) is 14.5. The van der Waals surface area contributed by atoms with Gasteiger partial charge in [0.05, 0.1) is 6.54 Å². The highest BCUT2D eigenvalue weighted by Crippen LogP contribution is 2.49. The Morgan fingerprint density at radius 3 is 2.50 bits per heavy atom. The van der Waals surface area contributed by atoms with E-state index in [-0.39, 0.29) is 5.41 Å². The molecule has 0 unspecified atom stereocenters. The fourth-order valence-corrected chi connectivity index (χ4v) is 2.53. The zero-order chi connectivity index (χ0) is 15.6. The predicted molar refractivity (Wildman–Crippen MR) is 83.8 cm³/mol. The quantitative estimate of drug-likeness (QED) is 0.671. The molecule has 0 aromatic heterocycles. The molecule has 1 aliphatic carbocycles. The van der Waals surface area contributed by atoms with Gasteiger partial charge in [-0.2, -0.15) is 0 Å². The van der Waals surface area contributed by atoms with E-state index in [0.717, 1.165) is 24.6 Å². The van der Waals surface area contributed by atoms with Crippen LogP contribution in [0.5, 0.6) is 0 Å². The van der Waals surface area contributed by atoms with Gasteiger partial charge in [-0.3, -0.25) is 4.99 Å². The second kappa shape index (κ2) is 5.75. The van der Waals surface area contributed by atoms with Crippen molar-refractivity contribution in [3.63, 3.8) is 0 Å². The van der Waals surface area contributed by atoms with Crippen molar-refractivity contribution in [2.75, 3.05) is 11.9 Å². The van der Waals surface area contributed by atoms with Gasteiger partial charge in [-0.05, 0) is 36.6 Å². The van der Waals surface area contributed by atoms with Crippen LogP contribution in [-0.2, 0) is 5.41 Å². The zero-order valence-corrected chi connectivity index (χ0v) is 12.0. The second-order valence-corrected chi connectivity index (χ2v) is 5.60. The Hall–Kier alpha value is -2.43. The van der Waals surface area contributed by atoms with Crippen LogP contribution in [-0.4, -0.2) is 12.5 Å². The smallest absolute Gasteiger partial charge is 0.193 e. The Morgan fingerprint density at radius 1 is 1.14 bits per heavy atom. The van der Waals surface area contributed by atoms with Gasteiger partial charge >= 0.3 is 0 Å². The number of benzene rings is 2. The van der Waals surface area contributed by atoms with Gasteiger partial charge < -0.3 is 11.1 Å². The van der Waals surface area contributed by atoms with Crippen molar-refractivity contribution in [2.45, 2.75) is 18.3 Å². The first-order chi connectivity index (χ1) is 10.6. The number of nitrogens with two attached hydrogens (primary N) is 1. The monoisotopic (exact) mass is 301 g/mol. The van der Waals surface area contributed by atoms with Crippen molar-refractivity contribution in [1.29, 1.82) is 0 Å². The van der Waals surface area contributed by atoms with E-state index in [1.807, 2.05) is 30.3 Å². The van der Waals surface area contributed by atoms with Gasteiger partial charge in [0.1, 0.15) is 11.6 Å². The molecule has 1 saturated carbocycles. The number of guanidine groups is 1. The summed E-state index contributed by atoms with van der Waals surface area (Å²) < 4.78 is 26.9. The summed E-state index contributed by atoms with van der Waals surface area (Å²) in [6, 6.07) is 13.2. The molecule has 2 aromatic rings. The van der Waals surface area contributed by atoms with Crippen LogP contribution in [0.25, 0.3) is 0 Å². The number of halogens is 2. The Morgan fingerprint density at radius 2 is 1.86 bits per heavy atom. The molecule has 0 bridgehead atoms. The van der Waals surface area contributed by atoms with E-state index in [1.54, 1.807) is 0 Å². The van der Waals surface area contributed by atoms with Crippen LogP contribution in [0.1, 0.15) is 18.4 Å². The van der Waals surface area contributed by atoms with Crippen LogP contribution in [0.4, 0.5) is 14.5 Å². The number of hydrogen-bond donors (Lipinski definition) is 2. The molecule has 1 aliphatic rings. The van der Waals surface area contributed by atoms with Crippen molar-refractivity contribution in [3.8, 4) is 0 Å². The molecule has 0 amide bonds. The lowest BCUT2D eigenvalue weighted by Gasteiger charge is -2.15. The number of rotatable bonds is 4. The lowest BCUT2D eigenvalue weighted by molar-refractivity contribution is 0.549. The van der Waals surface area contributed by atoms with Gasteiger partial charge in [0.15, 0.2) is 5.96 Å². The average Bonchev–Trinajstić information content (AvgIpc) is 3.27. The summed E-state index contributed by atoms with van der Waals surface area (Å²) >= 11 is 0. The first-order valence-corrected chi connectivity index (χ1v) is 7.17. The molecule has 0 aliphatic heterocycles. The van der Waals surface area contributed by atoms with Gasteiger partial charge in [-0.1, -0.05) is 24.3 Å². The van der Waals surface area contributed by atoms with E-state index in [1.165, 1.54) is 12.1 Å². The molecule has 3 rings (SSSR count). The van der Waals surface area contributed by atoms with E-state index in [4.69, 9.17) is 5.73 Å². The molecule has 0 spiro atoms. The molecular weight excluding hydrogens is 284 g/mol. The highest BCUT2D eigenvalue weighted by Gasteiger charge is 2.46. The van der Waals surface area contributed by atoms with Crippen LogP contribution < -0.4 is 11.1 Å². The molecule has 2 aromatic carbocycles. The lowest BCUT2D eigenvalue weighted by Crippen LogP contribution is -2.25. The van der Waals surface area contributed by atoms with Crippen molar-refractivity contribution in [3.05, 3.63) is 65.7 Å². The maximum Gasteiger partial charge on any atom is 0.193 e. The van der Waals surface area contributed by atoms with Gasteiger partial charge in [0.2, 0.25) is 0 Å². The standard InChI is InChI=1S/C17H17F2N3/c18-12-6-7-14(15(19)10-12)17(8-9-17)11-21-16(20)22-13-4-2-1-3-5-13/h1-7,10H,8-9,11H2,(H3,20,21,22). The summed E-state index contributed by atoms with van der Waals surface area (Å²) in [5.41, 5.74) is 6.89. The van der Waals surface area contributed by atoms with Gasteiger partial charge in [-0.25, -0.2) is 8.78 Å². The molecule has 0 saturated heterocycles. The first-order valence-electron chi connectivity index (χ1n) is 7.17. The SMILES string of the molecule is NC(=NCC1(c2ccc(F)cc2F)CC1)Nc1ccccc1. The zero-order valence-electron chi connectivity index (χ0n) is 12.0. The molecule has 0 heterocycles. The fraction of sp³-hybridized carbons (Fsp3) is 0.235. The third-order valence-electron chi connectivity index (χ3n) is 3.95. The molecule has 5 heteroatoms. The molecule has 3 nitrogen and oxygen atoms in total. The summed E-state index contributed by atoms with van der Waals surface area (Å²) in [6.45, 7) is 0.390. The van der Waals surface area contributed by atoms with Crippen molar-refractivity contribution >= 4 is 11.6 Å². The minimum Gasteiger partial charge on any atom is -0.370 e. The van der Waals surface area contributed by atoms with Crippen LogP contribution in [0.3, 0.4) is 0 Å². The molecular formula is C17H17F2N3. The Labute approximate surface area is 127 Å². The second-order valence-electron chi connectivity index (χ2n) is 5.60. The number of para-hydroxylation sites is 1. The number of nitrogens with zero attached hydrogens (tertiary/aromatic N) is 1. The topological polar surface area (TPSA) is 50.4 Å². The van der Waals surface area contributed by atoms with E-state index in [9.17, 15) is 8.78 Å². The Balaban J connectivity index is 1.71. The largest absolute Gasteiger partial charge is 0.370 e. The van der Waals surface area contributed by atoms with Crippen LogP contribution >= 0.6 is 0 Å². The summed E-state index contributed by atoms with van der Waals surface area (Å²) in [6.07, 6.45) is 1.66. The molecule has 0 atom stereocenters. The summed E-state index contributed by atoms with van der Waals surface area (Å²) in [5, 5.41) is 2.99. The number of aliphatic imine (C=N–C) groups is 1. The third-order valence-corrected chi connectivity index (χ3v) is 3.95. The maximum atomic E-state index is 13.9. The lowest BCUT2D eigenvalue weighted by atomic mass is 9.95. The molecule has 0 radical (unpaired) electrons. The third kappa shape index (κ3) is 3.08. The van der Waals surface area contributed by atoms with E-state index >= 15 is 0 Å². The van der Waals surface area contributed by atoms with Crippen molar-refractivity contribution in [2.24, 2.45) is 10.7 Å². The number of hydrogen-bond acceptors (Lipinski definition) is 1. The van der Waals surface area contributed by atoms with Crippen LogP contribution in [0.2, 0.25) is 0 Å². The highest BCUT2D eigenvalue weighted by molar-refractivity contribution is 5.92. The molecule has 1 fully saturated rings. The summed E-state index contributed by atoms with van der Waals surface area (Å²) in [7, 11) is 0. The molecule has 22 heavy (non-hydrogen) atoms. The molecule has 3 N–H and O–H groups in total. The summed E-state index contributed by atoms with van der Waals surface area (Å²) in [5.74, 6) is -0.784. The van der Waals surface area contributed by atoms with Crippen LogP contribution in [0, 0.1) is 11.6 Å². The van der Waals surface area contributed by atoms with Crippen molar-refractivity contribution < 1.29 is 8.78 Å². The van der Waals surface area contributed by atoms with Crippen LogP contribution in [0.15, 0.2) is 53.5 Å². The van der Waals surface area contributed by atoms with Gasteiger partial charge in [0, 0.05) is 17.2 Å². The highest BCUT2D eigenvalue weighted by atomic mass is 19.1. The number of anilines is 1. The van der Waals surface area contributed by atoms with Gasteiger partial charge in [-0.15, -0.1) is 0 Å². The average molecular weight is 301 g/mol.